The lowest BCUT2D eigenvalue weighted by Crippen LogP contribution is -2.39. The number of nitrogens with zero attached hydrogens (tertiary/aromatic N) is 2. The van der Waals surface area contributed by atoms with Crippen molar-refractivity contribution in [3.8, 4) is 11.8 Å². The van der Waals surface area contributed by atoms with E-state index < -0.39 is 0 Å². The van der Waals surface area contributed by atoms with Crippen LogP contribution in [0.15, 0.2) is 11.4 Å². The normalized spacial score (nSPS) is 18.3. The summed E-state index contributed by atoms with van der Waals surface area (Å²) in [6, 6.07) is 2.31. The van der Waals surface area contributed by atoms with E-state index >= 15 is 0 Å². The summed E-state index contributed by atoms with van der Waals surface area (Å²) in [4.78, 5) is 17.4. The van der Waals surface area contributed by atoms with Crippen LogP contribution in [0, 0.1) is 11.8 Å². The van der Waals surface area contributed by atoms with Crippen molar-refractivity contribution in [3.05, 3.63) is 21.9 Å². The van der Waals surface area contributed by atoms with Gasteiger partial charge in [-0.1, -0.05) is 11.8 Å². The van der Waals surface area contributed by atoms with E-state index in [1.165, 1.54) is 17.8 Å². The molecule has 1 unspecified atom stereocenters. The lowest BCUT2D eigenvalue weighted by Gasteiger charge is -2.25. The first kappa shape index (κ1) is 16.0. The van der Waals surface area contributed by atoms with Crippen molar-refractivity contribution in [2.24, 2.45) is 0 Å². The number of hydrogen-bond donors (Lipinski definition) is 1. The maximum Gasteiger partial charge on any atom is 0.254 e. The molecule has 1 fully saturated rings. The number of thiophene rings is 1. The first-order chi connectivity index (χ1) is 10.1. The molecule has 2 rings (SSSR count). The van der Waals surface area contributed by atoms with Crippen molar-refractivity contribution >= 4 is 17.2 Å². The second-order valence-electron chi connectivity index (χ2n) is 5.44. The number of hydrogen-bond acceptors (Lipinski definition) is 4. The quantitative estimate of drug-likeness (QED) is 0.860. The van der Waals surface area contributed by atoms with Crippen LogP contribution in [0.4, 0.5) is 0 Å². The lowest BCUT2D eigenvalue weighted by atomic mass is 10.2. The van der Waals surface area contributed by atoms with Crippen molar-refractivity contribution in [2.45, 2.75) is 25.3 Å². The Labute approximate surface area is 130 Å². The zero-order chi connectivity index (χ0) is 15.2. The van der Waals surface area contributed by atoms with Crippen LogP contribution in [0.3, 0.4) is 0 Å². The molecule has 0 saturated carbocycles. The van der Waals surface area contributed by atoms with Gasteiger partial charge < -0.3 is 14.9 Å². The number of carbonyl (C=O) groups is 1. The smallest absolute Gasteiger partial charge is 0.254 e. The molecule has 114 valence electrons. The maximum absolute atomic E-state index is 12.4. The second kappa shape index (κ2) is 7.60. The van der Waals surface area contributed by atoms with E-state index in [0.717, 1.165) is 24.4 Å². The topological polar surface area (TPSA) is 43.8 Å². The van der Waals surface area contributed by atoms with Gasteiger partial charge in [-0.15, -0.1) is 11.3 Å². The molecule has 1 amide bonds. The van der Waals surface area contributed by atoms with Gasteiger partial charge in [-0.3, -0.25) is 4.79 Å². The third-order valence-electron chi connectivity index (χ3n) is 3.80. The van der Waals surface area contributed by atoms with Gasteiger partial charge in [0, 0.05) is 31.4 Å². The summed E-state index contributed by atoms with van der Waals surface area (Å²) in [6.07, 6.45) is 2.84. The van der Waals surface area contributed by atoms with Crippen molar-refractivity contribution in [1.82, 2.24) is 9.80 Å². The van der Waals surface area contributed by atoms with E-state index in [1.807, 2.05) is 18.5 Å². The molecule has 4 nitrogen and oxygen atoms in total. The summed E-state index contributed by atoms with van der Waals surface area (Å²) in [5.74, 6) is 5.90. The zero-order valence-corrected chi connectivity index (χ0v) is 13.4. The van der Waals surface area contributed by atoms with Crippen molar-refractivity contribution < 1.29 is 9.90 Å². The third-order valence-corrected chi connectivity index (χ3v) is 4.64. The van der Waals surface area contributed by atoms with Gasteiger partial charge >= 0.3 is 0 Å². The molecule has 1 atom stereocenters. The van der Waals surface area contributed by atoms with Crippen LogP contribution in [0.1, 0.15) is 34.5 Å². The summed E-state index contributed by atoms with van der Waals surface area (Å²) < 4.78 is 0. The number of aliphatic hydroxyl groups excluding tert-OH is 1. The number of carbonyl (C=O) groups excluding carboxylic acids is 1. The standard InChI is InChI=1S/C16H22N2O2S/c1-17-8-5-6-14(17)11-18(2)16(20)13-10-15(21-12-13)7-3-4-9-19/h10,12,14,19H,4-6,8-9,11H2,1-2H3. The summed E-state index contributed by atoms with van der Waals surface area (Å²) in [5.41, 5.74) is 0.705. The molecule has 1 N–H and O–H groups in total. The minimum atomic E-state index is 0.0572. The predicted molar refractivity (Wildman–Crippen MR) is 85.5 cm³/mol. The predicted octanol–water partition coefficient (Wildman–Crippen LogP) is 1.65. The summed E-state index contributed by atoms with van der Waals surface area (Å²) in [6.45, 7) is 1.97. The highest BCUT2D eigenvalue weighted by atomic mass is 32.1. The van der Waals surface area contributed by atoms with Crippen molar-refractivity contribution in [2.75, 3.05) is 33.8 Å². The van der Waals surface area contributed by atoms with Gasteiger partial charge in [-0.25, -0.2) is 0 Å². The molecule has 0 aliphatic carbocycles. The Balaban J connectivity index is 1.94. The second-order valence-corrected chi connectivity index (χ2v) is 6.35. The Kier molecular flexibility index (Phi) is 5.80. The molecular weight excluding hydrogens is 284 g/mol. The largest absolute Gasteiger partial charge is 0.395 e. The average Bonchev–Trinajstić information content (AvgIpc) is 3.08. The van der Waals surface area contributed by atoms with Gasteiger partial charge in [0.05, 0.1) is 17.0 Å². The highest BCUT2D eigenvalue weighted by Gasteiger charge is 2.24. The zero-order valence-electron chi connectivity index (χ0n) is 12.6. The number of likely N-dealkylation sites (N-methyl/N-ethyl adjacent to an activating group) is 2. The van der Waals surface area contributed by atoms with Crippen LogP contribution in [0.25, 0.3) is 0 Å². The van der Waals surface area contributed by atoms with Crippen LogP contribution >= 0.6 is 11.3 Å². The van der Waals surface area contributed by atoms with Gasteiger partial charge in [0.15, 0.2) is 0 Å². The van der Waals surface area contributed by atoms with Gasteiger partial charge in [-0.2, -0.15) is 0 Å². The van der Waals surface area contributed by atoms with Crippen LogP contribution in [0.2, 0.25) is 0 Å². The van der Waals surface area contributed by atoms with Crippen LogP contribution < -0.4 is 0 Å². The Morgan fingerprint density at radius 3 is 3.10 bits per heavy atom. The summed E-state index contributed by atoms with van der Waals surface area (Å²) in [7, 11) is 3.98. The lowest BCUT2D eigenvalue weighted by molar-refractivity contribution is 0.0762. The fourth-order valence-electron chi connectivity index (χ4n) is 2.55. The molecule has 5 heteroatoms. The van der Waals surface area contributed by atoms with Crippen LogP contribution in [0.5, 0.6) is 0 Å². The SMILES string of the molecule is CN(CC1CCCN1C)C(=O)c1csc(C#CCCO)c1. The molecule has 0 aromatic carbocycles. The molecular formula is C16H22N2O2S. The minimum Gasteiger partial charge on any atom is -0.395 e. The molecule has 1 saturated heterocycles. The van der Waals surface area contributed by atoms with Gasteiger partial charge in [-0.05, 0) is 32.5 Å². The molecule has 0 spiro atoms. The number of amides is 1. The van der Waals surface area contributed by atoms with Crippen LogP contribution in [-0.2, 0) is 0 Å². The van der Waals surface area contributed by atoms with Gasteiger partial charge in [0.2, 0.25) is 0 Å². The highest BCUT2D eigenvalue weighted by Crippen LogP contribution is 2.18. The first-order valence-electron chi connectivity index (χ1n) is 7.25. The third kappa shape index (κ3) is 4.31. The molecule has 21 heavy (non-hydrogen) atoms. The van der Waals surface area contributed by atoms with E-state index in [-0.39, 0.29) is 12.5 Å². The molecule has 1 aliphatic rings. The fraction of sp³-hybridized carbons (Fsp3) is 0.562. The van der Waals surface area contributed by atoms with Crippen LogP contribution in [-0.4, -0.2) is 60.6 Å². The average molecular weight is 306 g/mol. The molecule has 0 bridgehead atoms. The number of rotatable bonds is 4. The number of aliphatic hydroxyl groups is 1. The Morgan fingerprint density at radius 2 is 2.43 bits per heavy atom. The fourth-order valence-corrected chi connectivity index (χ4v) is 3.30. The van der Waals surface area contributed by atoms with E-state index in [9.17, 15) is 4.79 Å². The minimum absolute atomic E-state index is 0.0572. The molecule has 1 aromatic heterocycles. The van der Waals surface area contributed by atoms with Gasteiger partial charge in [0.1, 0.15) is 0 Å². The first-order valence-corrected chi connectivity index (χ1v) is 8.13. The van der Waals surface area contributed by atoms with E-state index in [1.54, 1.807) is 4.90 Å². The molecule has 1 aliphatic heterocycles. The summed E-state index contributed by atoms with van der Waals surface area (Å²) in [5, 5.41) is 10.6. The monoisotopic (exact) mass is 306 g/mol. The van der Waals surface area contributed by atoms with Gasteiger partial charge in [0.25, 0.3) is 5.91 Å². The van der Waals surface area contributed by atoms with Crippen molar-refractivity contribution in [1.29, 1.82) is 0 Å². The molecule has 0 radical (unpaired) electrons. The Hall–Kier alpha value is -1.35. The van der Waals surface area contributed by atoms with E-state index in [0.29, 0.717) is 18.0 Å². The molecule has 2 heterocycles. The molecule has 1 aromatic rings. The Morgan fingerprint density at radius 1 is 1.62 bits per heavy atom. The summed E-state index contributed by atoms with van der Waals surface area (Å²) >= 11 is 1.48. The van der Waals surface area contributed by atoms with E-state index in [4.69, 9.17) is 5.11 Å². The Bertz CT molecular complexity index is 544. The maximum atomic E-state index is 12.4. The highest BCUT2D eigenvalue weighted by molar-refractivity contribution is 7.10. The number of likely N-dealkylation sites (tertiary alicyclic amines) is 1. The van der Waals surface area contributed by atoms with Crippen molar-refractivity contribution in [3.63, 3.8) is 0 Å². The van der Waals surface area contributed by atoms with E-state index in [2.05, 4.69) is 23.8 Å².